The van der Waals surface area contributed by atoms with Gasteiger partial charge in [-0.05, 0) is 32.9 Å². The first-order chi connectivity index (χ1) is 10.2. The molecule has 0 saturated carbocycles. The fourth-order valence-electron chi connectivity index (χ4n) is 2.44. The van der Waals surface area contributed by atoms with Crippen LogP contribution in [0.3, 0.4) is 0 Å². The molecule has 1 saturated heterocycles. The normalized spacial score (nSPS) is 18.4. The number of anilines is 1. The summed E-state index contributed by atoms with van der Waals surface area (Å²) in [5, 5.41) is 13.3. The lowest BCUT2D eigenvalue weighted by Gasteiger charge is -2.31. The van der Waals surface area contributed by atoms with Gasteiger partial charge in [0.1, 0.15) is 0 Å². The summed E-state index contributed by atoms with van der Waals surface area (Å²) in [4.78, 5) is 36.0. The van der Waals surface area contributed by atoms with E-state index in [-0.39, 0.29) is 29.5 Å². The smallest absolute Gasteiger partial charge is 0.269 e. The van der Waals surface area contributed by atoms with Crippen LogP contribution in [-0.2, 0) is 9.59 Å². The second-order valence-corrected chi connectivity index (χ2v) is 6.37. The molecule has 2 rings (SSSR count). The molecule has 2 amide bonds. The minimum Gasteiger partial charge on any atom is -0.337 e. The number of carbonyl (C=O) groups excluding carboxylic acids is 2. The third kappa shape index (κ3) is 3.41. The summed E-state index contributed by atoms with van der Waals surface area (Å²) in [6, 6.07) is 5.62. The minimum absolute atomic E-state index is 0.0312. The van der Waals surface area contributed by atoms with Crippen LogP contribution in [0.25, 0.3) is 0 Å². The number of hydrogen-bond acceptors (Lipinski definition) is 4. The molecule has 1 fully saturated rings. The van der Waals surface area contributed by atoms with Crippen molar-refractivity contribution in [2.45, 2.75) is 32.7 Å². The van der Waals surface area contributed by atoms with Gasteiger partial charge in [-0.15, -0.1) is 0 Å². The third-order valence-electron chi connectivity index (χ3n) is 3.65. The molecule has 1 heterocycles. The van der Waals surface area contributed by atoms with E-state index in [0.717, 1.165) is 0 Å². The fraction of sp³-hybridized carbons (Fsp3) is 0.467. The molecule has 1 unspecified atom stereocenters. The Morgan fingerprint density at radius 3 is 2.36 bits per heavy atom. The molecular weight excluding hydrogens is 286 g/mol. The summed E-state index contributed by atoms with van der Waals surface area (Å²) in [5.74, 6) is -0.674. The first-order valence-electron chi connectivity index (χ1n) is 7.04. The van der Waals surface area contributed by atoms with Gasteiger partial charge >= 0.3 is 0 Å². The van der Waals surface area contributed by atoms with Crippen LogP contribution in [0, 0.1) is 16.0 Å². The Labute approximate surface area is 128 Å². The average Bonchev–Trinajstić information content (AvgIpc) is 2.81. The molecule has 1 aliphatic rings. The quantitative estimate of drug-likeness (QED) is 0.684. The largest absolute Gasteiger partial charge is 0.337 e. The molecule has 0 aromatic heterocycles. The zero-order valence-electron chi connectivity index (χ0n) is 12.8. The molecule has 0 aliphatic carbocycles. The van der Waals surface area contributed by atoms with Gasteiger partial charge in [-0.25, -0.2) is 0 Å². The lowest BCUT2D eigenvalue weighted by molar-refractivity contribution is -0.384. The average molecular weight is 305 g/mol. The number of nitro benzene ring substituents is 1. The Morgan fingerprint density at radius 1 is 1.32 bits per heavy atom. The van der Waals surface area contributed by atoms with Crippen LogP contribution >= 0.6 is 0 Å². The summed E-state index contributed by atoms with van der Waals surface area (Å²) in [7, 11) is 0. The van der Waals surface area contributed by atoms with E-state index < -0.39 is 10.8 Å². The number of rotatable bonds is 3. The van der Waals surface area contributed by atoms with Crippen molar-refractivity contribution in [1.29, 1.82) is 0 Å². The van der Waals surface area contributed by atoms with Crippen LogP contribution < -0.4 is 5.32 Å². The number of nitrogens with zero attached hydrogens (tertiary/aromatic N) is 2. The summed E-state index contributed by atoms with van der Waals surface area (Å²) < 4.78 is 0. The van der Waals surface area contributed by atoms with Gasteiger partial charge in [0.05, 0.1) is 10.8 Å². The van der Waals surface area contributed by atoms with Crippen LogP contribution in [0.2, 0.25) is 0 Å². The zero-order chi connectivity index (χ0) is 16.5. The van der Waals surface area contributed by atoms with E-state index in [2.05, 4.69) is 5.32 Å². The second-order valence-electron chi connectivity index (χ2n) is 6.37. The van der Waals surface area contributed by atoms with E-state index in [1.807, 2.05) is 20.8 Å². The van der Waals surface area contributed by atoms with E-state index in [4.69, 9.17) is 0 Å². The molecule has 22 heavy (non-hydrogen) atoms. The molecule has 0 spiro atoms. The van der Waals surface area contributed by atoms with E-state index >= 15 is 0 Å². The van der Waals surface area contributed by atoms with Gasteiger partial charge in [-0.2, -0.15) is 0 Å². The van der Waals surface area contributed by atoms with Crippen molar-refractivity contribution in [1.82, 2.24) is 4.90 Å². The number of non-ortho nitro benzene ring substituents is 1. The Kier molecular flexibility index (Phi) is 4.16. The highest BCUT2D eigenvalue weighted by atomic mass is 16.6. The molecular formula is C15H19N3O4. The van der Waals surface area contributed by atoms with Crippen LogP contribution in [0.15, 0.2) is 24.3 Å². The number of hydrogen-bond donors (Lipinski definition) is 1. The molecule has 118 valence electrons. The first kappa shape index (κ1) is 15.9. The van der Waals surface area contributed by atoms with Crippen LogP contribution in [-0.4, -0.2) is 33.7 Å². The van der Waals surface area contributed by atoms with Crippen molar-refractivity contribution in [3.05, 3.63) is 34.4 Å². The van der Waals surface area contributed by atoms with Crippen LogP contribution in [0.1, 0.15) is 27.2 Å². The maximum atomic E-state index is 12.2. The second kappa shape index (κ2) is 5.75. The molecule has 1 N–H and O–H groups in total. The van der Waals surface area contributed by atoms with Gasteiger partial charge in [0, 0.05) is 36.3 Å². The number of amides is 2. The Balaban J connectivity index is 2.01. The molecule has 1 aromatic carbocycles. The van der Waals surface area contributed by atoms with Crippen molar-refractivity contribution in [3.63, 3.8) is 0 Å². The van der Waals surface area contributed by atoms with Gasteiger partial charge in [-0.3, -0.25) is 19.7 Å². The van der Waals surface area contributed by atoms with Crippen LogP contribution in [0.5, 0.6) is 0 Å². The minimum atomic E-state index is -0.498. The van der Waals surface area contributed by atoms with Gasteiger partial charge < -0.3 is 10.2 Å². The van der Waals surface area contributed by atoms with Crippen molar-refractivity contribution < 1.29 is 14.5 Å². The van der Waals surface area contributed by atoms with Gasteiger partial charge in [-0.1, -0.05) is 0 Å². The van der Waals surface area contributed by atoms with E-state index in [1.165, 1.54) is 24.3 Å². The zero-order valence-corrected chi connectivity index (χ0v) is 12.8. The Bertz CT molecular complexity index is 604. The maximum absolute atomic E-state index is 12.2. The highest BCUT2D eigenvalue weighted by Gasteiger charge is 2.39. The lowest BCUT2D eigenvalue weighted by atomic mass is 10.1. The standard InChI is InChI=1S/C15H19N3O4/c1-15(2,3)17-9-10(8-13(17)19)14(20)16-11-4-6-12(7-5-11)18(21)22/h4-7,10H,8-9H2,1-3H3,(H,16,20). The predicted molar refractivity (Wildman–Crippen MR) is 81.3 cm³/mol. The SMILES string of the molecule is CC(C)(C)N1CC(C(=O)Nc2ccc([N+](=O)[O-])cc2)CC1=O. The summed E-state index contributed by atoms with van der Waals surface area (Å²) >= 11 is 0. The van der Waals surface area contributed by atoms with Crippen molar-refractivity contribution >= 4 is 23.2 Å². The number of nitro groups is 1. The molecule has 1 aliphatic heterocycles. The van der Waals surface area contributed by atoms with E-state index in [1.54, 1.807) is 4.90 Å². The first-order valence-corrected chi connectivity index (χ1v) is 7.04. The van der Waals surface area contributed by atoms with E-state index in [0.29, 0.717) is 12.2 Å². The van der Waals surface area contributed by atoms with Crippen molar-refractivity contribution in [2.24, 2.45) is 5.92 Å². The van der Waals surface area contributed by atoms with Crippen molar-refractivity contribution in [2.75, 3.05) is 11.9 Å². The molecule has 7 nitrogen and oxygen atoms in total. The topological polar surface area (TPSA) is 92.6 Å². The summed E-state index contributed by atoms with van der Waals surface area (Å²) in [6.45, 7) is 6.19. The van der Waals surface area contributed by atoms with Gasteiger partial charge in [0.25, 0.3) is 5.69 Å². The Morgan fingerprint density at radius 2 is 1.91 bits per heavy atom. The fourth-order valence-corrected chi connectivity index (χ4v) is 2.44. The van der Waals surface area contributed by atoms with E-state index in [9.17, 15) is 19.7 Å². The number of nitrogens with one attached hydrogen (secondary N) is 1. The maximum Gasteiger partial charge on any atom is 0.269 e. The number of likely N-dealkylation sites (tertiary alicyclic amines) is 1. The molecule has 1 aromatic rings. The van der Waals surface area contributed by atoms with Crippen LogP contribution in [0.4, 0.5) is 11.4 Å². The molecule has 1 atom stereocenters. The van der Waals surface area contributed by atoms with Gasteiger partial charge in [0.15, 0.2) is 0 Å². The Hall–Kier alpha value is -2.44. The molecule has 0 bridgehead atoms. The highest BCUT2D eigenvalue weighted by Crippen LogP contribution is 2.27. The summed E-state index contributed by atoms with van der Waals surface area (Å²) in [6.07, 6.45) is 0.191. The van der Waals surface area contributed by atoms with Gasteiger partial charge in [0.2, 0.25) is 11.8 Å². The molecule has 7 heteroatoms. The van der Waals surface area contributed by atoms with Crippen molar-refractivity contribution in [3.8, 4) is 0 Å². The lowest BCUT2D eigenvalue weighted by Crippen LogP contribution is -2.42. The number of carbonyl (C=O) groups is 2. The summed E-state index contributed by atoms with van der Waals surface area (Å²) in [5.41, 5.74) is 0.143. The number of benzene rings is 1. The molecule has 0 radical (unpaired) electrons. The third-order valence-corrected chi connectivity index (χ3v) is 3.65. The monoisotopic (exact) mass is 305 g/mol. The predicted octanol–water partition coefficient (Wildman–Crippen LogP) is 2.18. The highest BCUT2D eigenvalue weighted by molar-refractivity contribution is 5.97.